The van der Waals surface area contributed by atoms with Gasteiger partial charge in [-0.2, -0.15) is 0 Å². The van der Waals surface area contributed by atoms with Crippen LogP contribution >= 0.6 is 11.6 Å². The molecule has 1 aliphatic heterocycles. The van der Waals surface area contributed by atoms with Crippen LogP contribution in [0.4, 0.5) is 4.79 Å². The number of aromatic nitrogens is 3. The normalized spacial score (nSPS) is 17.4. The van der Waals surface area contributed by atoms with Gasteiger partial charge < -0.3 is 24.3 Å². The van der Waals surface area contributed by atoms with Gasteiger partial charge in [0.2, 0.25) is 0 Å². The summed E-state index contributed by atoms with van der Waals surface area (Å²) in [5.41, 5.74) is 2.63. The fourth-order valence-electron chi connectivity index (χ4n) is 3.38. The smallest absolute Gasteiger partial charge is 0.445 e. The van der Waals surface area contributed by atoms with Gasteiger partial charge in [-0.15, -0.1) is 0 Å². The minimum Gasteiger partial charge on any atom is -0.445 e. The molecule has 0 saturated carbocycles. The monoisotopic (exact) mass is 468 g/mol. The number of H-pyrrole nitrogens is 1. The molecule has 3 heterocycles. The topological polar surface area (TPSA) is 98.4 Å². The number of fused-ring (bicyclic) bond motifs is 1. The predicted molar refractivity (Wildman–Crippen MR) is 128 cm³/mol. The summed E-state index contributed by atoms with van der Waals surface area (Å²) in [5.74, 6) is 0. The van der Waals surface area contributed by atoms with Gasteiger partial charge in [0.15, 0.2) is 5.15 Å². The summed E-state index contributed by atoms with van der Waals surface area (Å²) in [7, 11) is -0.660. The van der Waals surface area contributed by atoms with E-state index in [-0.39, 0.29) is 13.2 Å². The highest BCUT2D eigenvalue weighted by Gasteiger charge is 2.52. The predicted octanol–water partition coefficient (Wildman–Crippen LogP) is 4.55. The number of carbonyl (C=O) groups is 1. The molecule has 0 atom stereocenters. The van der Waals surface area contributed by atoms with Crippen LogP contribution in [0.25, 0.3) is 17.1 Å². The lowest BCUT2D eigenvalue weighted by Crippen LogP contribution is -2.41. The van der Waals surface area contributed by atoms with Crippen molar-refractivity contribution in [2.45, 2.75) is 45.5 Å². The summed E-state index contributed by atoms with van der Waals surface area (Å²) < 4.78 is 17.8. The molecule has 1 aromatic carbocycles. The Morgan fingerprint density at radius 1 is 1.18 bits per heavy atom. The van der Waals surface area contributed by atoms with E-state index in [1.807, 2.05) is 64.1 Å². The Kier molecular flexibility index (Phi) is 6.47. The molecule has 1 aliphatic rings. The van der Waals surface area contributed by atoms with E-state index in [1.54, 1.807) is 6.20 Å². The van der Waals surface area contributed by atoms with Crippen LogP contribution in [0, 0.1) is 0 Å². The maximum atomic E-state index is 12.4. The van der Waals surface area contributed by atoms with Crippen LogP contribution in [0.5, 0.6) is 0 Å². The van der Waals surface area contributed by atoms with Crippen LogP contribution in [-0.2, 0) is 20.7 Å². The van der Waals surface area contributed by atoms with Crippen LogP contribution in [0.3, 0.4) is 0 Å². The van der Waals surface area contributed by atoms with Gasteiger partial charge in [0.05, 0.1) is 11.2 Å². The number of nitrogens with one attached hydrogen (secondary N) is 2. The minimum atomic E-state index is -0.660. The van der Waals surface area contributed by atoms with E-state index in [2.05, 4.69) is 20.3 Å². The van der Waals surface area contributed by atoms with Crippen molar-refractivity contribution in [3.8, 4) is 0 Å². The lowest BCUT2D eigenvalue weighted by molar-refractivity contribution is 0.00578. The molecular weight excluding hydrogens is 443 g/mol. The fraction of sp³-hybridized carbons (Fsp3) is 0.348. The fourth-order valence-corrected chi connectivity index (χ4v) is 3.57. The van der Waals surface area contributed by atoms with Gasteiger partial charge in [0.1, 0.15) is 24.0 Å². The summed E-state index contributed by atoms with van der Waals surface area (Å²) in [6, 6.07) is 9.49. The minimum absolute atomic E-state index is 0.163. The third-order valence-electron chi connectivity index (χ3n) is 5.99. The summed E-state index contributed by atoms with van der Waals surface area (Å²) in [5, 5.41) is 3.13. The van der Waals surface area contributed by atoms with Crippen molar-refractivity contribution >= 4 is 41.9 Å². The lowest BCUT2D eigenvalue weighted by atomic mass is 9.77. The van der Waals surface area contributed by atoms with E-state index < -0.39 is 24.4 Å². The lowest BCUT2D eigenvalue weighted by Gasteiger charge is -2.32. The molecule has 4 rings (SSSR count). The van der Waals surface area contributed by atoms with Crippen LogP contribution in [-0.4, -0.2) is 45.9 Å². The number of benzene rings is 1. The van der Waals surface area contributed by atoms with E-state index >= 15 is 0 Å². The Hall–Kier alpha value is -2.88. The highest BCUT2D eigenvalue weighted by atomic mass is 35.5. The van der Waals surface area contributed by atoms with E-state index in [9.17, 15) is 4.79 Å². The number of ether oxygens (including phenoxy) is 1. The van der Waals surface area contributed by atoms with Crippen molar-refractivity contribution in [3.63, 3.8) is 0 Å². The number of hydrogen-bond acceptors (Lipinski definition) is 6. The Morgan fingerprint density at radius 3 is 2.58 bits per heavy atom. The zero-order chi connectivity index (χ0) is 23.6. The molecule has 1 amide bonds. The second kappa shape index (κ2) is 9.17. The van der Waals surface area contributed by atoms with Crippen LogP contribution in [0.15, 0.2) is 48.3 Å². The number of alkyl carbamates (subject to hydrolysis) is 1. The van der Waals surface area contributed by atoms with Crippen LogP contribution < -0.4 is 5.32 Å². The third kappa shape index (κ3) is 5.05. The molecule has 0 spiro atoms. The first-order valence-corrected chi connectivity index (χ1v) is 11.0. The molecule has 3 aromatic rings. The van der Waals surface area contributed by atoms with Gasteiger partial charge in [-0.05, 0) is 38.7 Å². The first kappa shape index (κ1) is 23.3. The number of rotatable bonds is 6. The standard InChI is InChI=1S/C23H26BClN4O4/c1-22(2)23(3,4)33-24(32-22)17(10-16-11-26-19-18(16)28-14-29-20(19)25)12-27-21(30)31-13-15-8-6-5-7-9-15/h5-11,14,26H,12-13H2,1-4H3,(H,27,30). The third-order valence-corrected chi connectivity index (χ3v) is 6.28. The van der Waals surface area contributed by atoms with Gasteiger partial charge in [-0.25, -0.2) is 14.8 Å². The summed E-state index contributed by atoms with van der Waals surface area (Å²) >= 11 is 6.17. The molecule has 0 aliphatic carbocycles. The van der Waals surface area contributed by atoms with E-state index in [1.165, 1.54) is 6.33 Å². The molecule has 172 valence electrons. The molecule has 1 fully saturated rings. The second-order valence-corrected chi connectivity index (χ2v) is 9.21. The first-order valence-electron chi connectivity index (χ1n) is 10.6. The maximum Gasteiger partial charge on any atom is 0.492 e. The molecule has 0 radical (unpaired) electrons. The van der Waals surface area contributed by atoms with Gasteiger partial charge in [-0.3, -0.25) is 0 Å². The number of amides is 1. The highest BCUT2D eigenvalue weighted by Crippen LogP contribution is 2.39. The number of halogens is 1. The molecule has 33 heavy (non-hydrogen) atoms. The van der Waals surface area contributed by atoms with Crippen molar-refractivity contribution in [2.24, 2.45) is 0 Å². The Labute approximate surface area is 197 Å². The quantitative estimate of drug-likeness (QED) is 0.407. The average Bonchev–Trinajstić information content (AvgIpc) is 3.28. The highest BCUT2D eigenvalue weighted by molar-refractivity contribution is 6.56. The first-order chi connectivity index (χ1) is 15.7. The van der Waals surface area contributed by atoms with Crippen molar-refractivity contribution in [2.75, 3.05) is 6.54 Å². The number of nitrogens with zero attached hydrogens (tertiary/aromatic N) is 2. The van der Waals surface area contributed by atoms with Crippen molar-refractivity contribution in [3.05, 3.63) is 64.6 Å². The Bertz CT molecular complexity index is 1160. The summed E-state index contributed by atoms with van der Waals surface area (Å²) in [6.07, 6.45) is 4.53. The summed E-state index contributed by atoms with van der Waals surface area (Å²) in [6.45, 7) is 8.25. The van der Waals surface area contributed by atoms with E-state index in [4.69, 9.17) is 25.6 Å². The summed E-state index contributed by atoms with van der Waals surface area (Å²) in [4.78, 5) is 23.8. The second-order valence-electron chi connectivity index (χ2n) is 8.85. The molecule has 2 N–H and O–H groups in total. The van der Waals surface area contributed by atoms with Crippen LogP contribution in [0.2, 0.25) is 5.15 Å². The van der Waals surface area contributed by atoms with E-state index in [0.717, 1.165) is 11.1 Å². The molecule has 0 unspecified atom stereocenters. The molecule has 2 aromatic heterocycles. The van der Waals surface area contributed by atoms with E-state index in [0.29, 0.717) is 21.7 Å². The van der Waals surface area contributed by atoms with Crippen molar-refractivity contribution in [1.82, 2.24) is 20.3 Å². The van der Waals surface area contributed by atoms with Gasteiger partial charge in [-0.1, -0.05) is 48.0 Å². The Balaban J connectivity index is 1.55. The molecule has 1 saturated heterocycles. The average molecular weight is 469 g/mol. The van der Waals surface area contributed by atoms with Crippen molar-refractivity contribution < 1.29 is 18.8 Å². The zero-order valence-electron chi connectivity index (χ0n) is 19.0. The van der Waals surface area contributed by atoms with Crippen LogP contribution in [0.1, 0.15) is 38.8 Å². The SMILES string of the molecule is CC1(C)OB(C(=Cc2c[nH]c3c(Cl)ncnc23)CNC(=O)OCc2ccccc2)OC1(C)C. The molecular formula is C23H26BClN4O4. The molecule has 0 bridgehead atoms. The van der Waals surface area contributed by atoms with Gasteiger partial charge in [0, 0.05) is 18.3 Å². The number of carbonyl (C=O) groups excluding carboxylic acids is 1. The molecule has 10 heteroatoms. The molecule has 8 nitrogen and oxygen atoms in total. The van der Waals surface area contributed by atoms with Gasteiger partial charge >= 0.3 is 13.2 Å². The largest absolute Gasteiger partial charge is 0.492 e. The Morgan fingerprint density at radius 2 is 1.88 bits per heavy atom. The zero-order valence-corrected chi connectivity index (χ0v) is 19.8. The number of aromatic amines is 1. The maximum absolute atomic E-state index is 12.4. The van der Waals surface area contributed by atoms with Crippen molar-refractivity contribution in [1.29, 1.82) is 0 Å². The van der Waals surface area contributed by atoms with Gasteiger partial charge in [0.25, 0.3) is 0 Å². The number of hydrogen-bond donors (Lipinski definition) is 2.